The molecule has 4 rings (SSSR count). The van der Waals surface area contributed by atoms with Crippen LogP contribution in [0.2, 0.25) is 0 Å². The van der Waals surface area contributed by atoms with Gasteiger partial charge in [-0.05, 0) is 42.7 Å². The van der Waals surface area contributed by atoms with Gasteiger partial charge in [0.15, 0.2) is 0 Å². The number of hydrogen-bond donors (Lipinski definition) is 1. The second-order valence-corrected chi connectivity index (χ2v) is 7.22. The number of aliphatic hydroxyl groups excluding tert-OH is 1. The number of carbonyl (C=O) groups is 1. The second-order valence-electron chi connectivity index (χ2n) is 7.22. The molecule has 0 aromatic heterocycles. The molecule has 1 heterocycles. The monoisotopic (exact) mass is 374 g/mol. The highest BCUT2D eigenvalue weighted by Gasteiger charge is 2.53. The molecule has 140 valence electrons. The van der Waals surface area contributed by atoms with Crippen molar-refractivity contribution < 1.29 is 14.3 Å². The Morgan fingerprint density at radius 2 is 1.86 bits per heavy atom. The van der Waals surface area contributed by atoms with Crippen molar-refractivity contribution in [3.63, 3.8) is 0 Å². The van der Waals surface area contributed by atoms with E-state index in [1.807, 2.05) is 24.3 Å². The summed E-state index contributed by atoms with van der Waals surface area (Å²) in [5.41, 5.74) is 1.96. The molecule has 2 aromatic carbocycles. The molecule has 1 saturated heterocycles. The maximum atomic E-state index is 13.7. The van der Waals surface area contributed by atoms with E-state index in [2.05, 4.69) is 17.9 Å². The van der Waals surface area contributed by atoms with Crippen molar-refractivity contribution in [2.45, 2.75) is 30.8 Å². The number of benzene rings is 2. The van der Waals surface area contributed by atoms with Crippen molar-refractivity contribution in [1.29, 1.82) is 5.26 Å². The molecule has 2 aromatic rings. The molecular formula is C23H19FN2O2. The number of carbonyl (C=O) groups excluding carboxylic acids is 1. The molecule has 0 spiro atoms. The Hall–Kier alpha value is -3.15. The SMILES string of the molecule is N#C[C@@H]1[C@H](c2ccc(C#Cc3ccccc3F)cc2)[C@@H](CO)N1C(=O)C1CC1. The van der Waals surface area contributed by atoms with Gasteiger partial charge < -0.3 is 10.0 Å². The minimum Gasteiger partial charge on any atom is -0.394 e. The first-order chi connectivity index (χ1) is 13.6. The summed E-state index contributed by atoms with van der Waals surface area (Å²) in [5.74, 6) is 5.18. The molecule has 2 aliphatic rings. The van der Waals surface area contributed by atoms with Crippen molar-refractivity contribution >= 4 is 5.91 Å². The third-order valence-electron chi connectivity index (χ3n) is 5.42. The molecular weight excluding hydrogens is 355 g/mol. The van der Waals surface area contributed by atoms with Gasteiger partial charge in [-0.25, -0.2) is 4.39 Å². The van der Waals surface area contributed by atoms with Gasteiger partial charge in [0.25, 0.3) is 0 Å². The Balaban J connectivity index is 1.53. The maximum absolute atomic E-state index is 13.7. The summed E-state index contributed by atoms with van der Waals surface area (Å²) in [6, 6.07) is 15.0. The molecule has 5 heteroatoms. The van der Waals surface area contributed by atoms with Crippen LogP contribution < -0.4 is 0 Å². The van der Waals surface area contributed by atoms with Crippen molar-refractivity contribution in [3.8, 4) is 17.9 Å². The van der Waals surface area contributed by atoms with E-state index in [9.17, 15) is 19.6 Å². The van der Waals surface area contributed by atoms with Crippen molar-refractivity contribution in [3.05, 3.63) is 71.0 Å². The number of hydrogen-bond acceptors (Lipinski definition) is 3. The van der Waals surface area contributed by atoms with Gasteiger partial charge in [-0.15, -0.1) is 0 Å². The Bertz CT molecular complexity index is 996. The smallest absolute Gasteiger partial charge is 0.227 e. The van der Waals surface area contributed by atoms with Gasteiger partial charge in [0.1, 0.15) is 11.9 Å². The average molecular weight is 374 g/mol. The van der Waals surface area contributed by atoms with Crippen LogP contribution >= 0.6 is 0 Å². The number of nitriles is 1. The van der Waals surface area contributed by atoms with Crippen LogP contribution in [0.15, 0.2) is 48.5 Å². The van der Waals surface area contributed by atoms with Crippen LogP contribution in [0.1, 0.15) is 35.4 Å². The van der Waals surface area contributed by atoms with Gasteiger partial charge in [-0.2, -0.15) is 5.26 Å². The van der Waals surface area contributed by atoms with Crippen LogP contribution in [0.5, 0.6) is 0 Å². The maximum Gasteiger partial charge on any atom is 0.227 e. The number of nitrogens with zero attached hydrogens (tertiary/aromatic N) is 2. The molecule has 1 aliphatic carbocycles. The van der Waals surface area contributed by atoms with Crippen molar-refractivity contribution in [2.75, 3.05) is 6.61 Å². The van der Waals surface area contributed by atoms with E-state index in [0.717, 1.165) is 24.0 Å². The summed E-state index contributed by atoms with van der Waals surface area (Å²) in [7, 11) is 0. The Labute approximate surface area is 163 Å². The molecule has 4 nitrogen and oxygen atoms in total. The topological polar surface area (TPSA) is 64.3 Å². The summed E-state index contributed by atoms with van der Waals surface area (Å²) in [6.45, 7) is -0.170. The van der Waals surface area contributed by atoms with Gasteiger partial charge >= 0.3 is 0 Å². The van der Waals surface area contributed by atoms with Crippen LogP contribution in [-0.4, -0.2) is 34.6 Å². The summed E-state index contributed by atoms with van der Waals surface area (Å²) in [6.07, 6.45) is 1.73. The normalized spacial score (nSPS) is 23.2. The Morgan fingerprint density at radius 1 is 1.14 bits per heavy atom. The fourth-order valence-corrected chi connectivity index (χ4v) is 3.74. The van der Waals surface area contributed by atoms with Crippen molar-refractivity contribution in [1.82, 2.24) is 4.90 Å². The summed E-state index contributed by atoms with van der Waals surface area (Å²) < 4.78 is 13.7. The van der Waals surface area contributed by atoms with Gasteiger partial charge in [0.05, 0.1) is 24.3 Å². The Morgan fingerprint density at radius 3 is 2.46 bits per heavy atom. The third kappa shape index (κ3) is 3.26. The zero-order chi connectivity index (χ0) is 19.7. The van der Waals surface area contributed by atoms with Crippen molar-refractivity contribution in [2.24, 2.45) is 5.92 Å². The van der Waals surface area contributed by atoms with Crippen LogP contribution in [0.4, 0.5) is 4.39 Å². The highest BCUT2D eigenvalue weighted by Crippen LogP contribution is 2.44. The second kappa shape index (κ2) is 7.46. The summed E-state index contributed by atoms with van der Waals surface area (Å²) in [4.78, 5) is 14.0. The third-order valence-corrected chi connectivity index (χ3v) is 5.42. The molecule has 1 N–H and O–H groups in total. The van der Waals surface area contributed by atoms with Crippen LogP contribution in [0.25, 0.3) is 0 Å². The summed E-state index contributed by atoms with van der Waals surface area (Å²) in [5, 5.41) is 19.3. The first-order valence-electron chi connectivity index (χ1n) is 9.33. The lowest BCUT2D eigenvalue weighted by Crippen LogP contribution is -2.65. The average Bonchev–Trinajstić information content (AvgIpc) is 3.53. The molecule has 1 aliphatic heterocycles. The Kier molecular flexibility index (Phi) is 4.86. The summed E-state index contributed by atoms with van der Waals surface area (Å²) >= 11 is 0. The van der Waals surface area contributed by atoms with Crippen LogP contribution in [0.3, 0.4) is 0 Å². The van der Waals surface area contributed by atoms with E-state index in [4.69, 9.17) is 0 Å². The van der Waals surface area contributed by atoms with Gasteiger partial charge in [-0.1, -0.05) is 36.1 Å². The lowest BCUT2D eigenvalue weighted by molar-refractivity contribution is -0.148. The lowest BCUT2D eigenvalue weighted by atomic mass is 9.75. The molecule has 0 unspecified atom stereocenters. The number of aliphatic hydroxyl groups is 1. The molecule has 0 bridgehead atoms. The fourth-order valence-electron chi connectivity index (χ4n) is 3.74. The largest absolute Gasteiger partial charge is 0.394 e. The molecule has 28 heavy (non-hydrogen) atoms. The highest BCUT2D eigenvalue weighted by atomic mass is 19.1. The number of rotatable bonds is 3. The van der Waals surface area contributed by atoms with E-state index in [-0.39, 0.29) is 36.2 Å². The number of likely N-dealkylation sites (tertiary alicyclic amines) is 1. The number of halogens is 1. The van der Waals surface area contributed by atoms with E-state index in [0.29, 0.717) is 5.56 Å². The number of amides is 1. The minimum atomic E-state index is -0.555. The molecule has 1 amide bonds. The predicted molar refractivity (Wildman–Crippen MR) is 101 cm³/mol. The molecule has 2 fully saturated rings. The van der Waals surface area contributed by atoms with Gasteiger partial charge in [0, 0.05) is 17.4 Å². The fraction of sp³-hybridized carbons (Fsp3) is 0.304. The van der Waals surface area contributed by atoms with Gasteiger partial charge in [0.2, 0.25) is 5.91 Å². The zero-order valence-corrected chi connectivity index (χ0v) is 15.2. The van der Waals surface area contributed by atoms with Crippen LogP contribution in [-0.2, 0) is 4.79 Å². The zero-order valence-electron chi connectivity index (χ0n) is 15.2. The standard InChI is InChI=1S/C23H19FN2O2/c24-19-4-2-1-3-16(19)8-5-15-6-9-17(10-7-15)22-20(13-25)26(21(22)14-27)23(28)18-11-12-18/h1-4,6-7,9-10,18,20-22,27H,11-12,14H2/t20-,21-,22+/m1/s1. The van der Waals surface area contributed by atoms with E-state index in [1.54, 1.807) is 23.1 Å². The highest BCUT2D eigenvalue weighted by molar-refractivity contribution is 5.83. The quantitative estimate of drug-likeness (QED) is 0.841. The predicted octanol–water partition coefficient (Wildman–Crippen LogP) is 2.81. The lowest BCUT2D eigenvalue weighted by Gasteiger charge is -2.51. The minimum absolute atomic E-state index is 0.0156. The first-order valence-corrected chi connectivity index (χ1v) is 9.33. The molecule has 3 atom stereocenters. The molecule has 1 saturated carbocycles. The van der Waals surface area contributed by atoms with Gasteiger partial charge in [-0.3, -0.25) is 4.79 Å². The van der Waals surface area contributed by atoms with E-state index >= 15 is 0 Å². The molecule has 0 radical (unpaired) electrons. The van der Waals surface area contributed by atoms with Crippen LogP contribution in [0, 0.1) is 34.9 Å². The van der Waals surface area contributed by atoms with E-state index < -0.39 is 6.04 Å². The first kappa shape index (κ1) is 18.2. The van der Waals surface area contributed by atoms with E-state index in [1.165, 1.54) is 6.07 Å².